The van der Waals surface area contributed by atoms with Gasteiger partial charge in [0, 0.05) is 16.7 Å². The highest BCUT2D eigenvalue weighted by molar-refractivity contribution is 9.10. The number of nitrogens with one attached hydrogen (secondary N) is 1. The molecular weight excluding hydrogens is 251 g/mol. The lowest BCUT2D eigenvalue weighted by molar-refractivity contribution is 0.445. The molecule has 0 bridgehead atoms. The van der Waals surface area contributed by atoms with E-state index in [2.05, 4.69) is 26.2 Å². The number of hydrogen-bond donors (Lipinski definition) is 1. The molecule has 0 saturated heterocycles. The van der Waals surface area contributed by atoms with Crippen LogP contribution >= 0.6 is 27.5 Å². The predicted octanol–water partition coefficient (Wildman–Crippen LogP) is 3.46. The molecule has 0 amide bonds. The number of aromatic nitrogens is 1. The summed E-state index contributed by atoms with van der Waals surface area (Å²) in [7, 11) is 0. The van der Waals surface area contributed by atoms with Crippen molar-refractivity contribution in [2.45, 2.75) is 25.3 Å². The van der Waals surface area contributed by atoms with Crippen LogP contribution in [0.25, 0.3) is 0 Å². The van der Waals surface area contributed by atoms with Crippen LogP contribution in [0.1, 0.15) is 19.3 Å². The van der Waals surface area contributed by atoms with Crippen LogP contribution in [0, 0.1) is 0 Å². The van der Waals surface area contributed by atoms with Gasteiger partial charge in [-0.3, -0.25) is 0 Å². The molecular formula is C9H10BrClN2. The first-order valence-electron chi connectivity index (χ1n) is 4.33. The molecule has 70 valence electrons. The van der Waals surface area contributed by atoms with Gasteiger partial charge in [-0.1, -0.05) is 11.6 Å². The molecule has 1 aliphatic rings. The molecule has 1 aromatic rings. The van der Waals surface area contributed by atoms with Crippen LogP contribution in [0.4, 0.5) is 5.69 Å². The quantitative estimate of drug-likeness (QED) is 0.825. The fourth-order valence-corrected chi connectivity index (χ4v) is 1.79. The fraction of sp³-hybridized carbons (Fsp3) is 0.444. The summed E-state index contributed by atoms with van der Waals surface area (Å²) in [6.45, 7) is 0. The van der Waals surface area contributed by atoms with E-state index in [0.717, 1.165) is 10.2 Å². The summed E-state index contributed by atoms with van der Waals surface area (Å²) >= 11 is 9.29. The second-order valence-electron chi connectivity index (χ2n) is 3.26. The second-order valence-corrected chi connectivity index (χ2v) is 4.54. The lowest BCUT2D eigenvalue weighted by Crippen LogP contribution is -2.27. The molecule has 2 rings (SSSR count). The van der Waals surface area contributed by atoms with Crippen LogP contribution in [-0.4, -0.2) is 11.0 Å². The molecule has 0 radical (unpaired) electrons. The van der Waals surface area contributed by atoms with Crippen molar-refractivity contribution in [3.05, 3.63) is 21.9 Å². The van der Waals surface area contributed by atoms with Gasteiger partial charge in [0.2, 0.25) is 0 Å². The Morgan fingerprint density at radius 2 is 2.31 bits per heavy atom. The summed E-state index contributed by atoms with van der Waals surface area (Å²) in [6.07, 6.45) is 5.50. The van der Waals surface area contributed by atoms with Crippen LogP contribution in [-0.2, 0) is 0 Å². The number of halogens is 2. The van der Waals surface area contributed by atoms with Gasteiger partial charge in [0.25, 0.3) is 0 Å². The van der Waals surface area contributed by atoms with Crippen molar-refractivity contribution >= 4 is 33.2 Å². The first-order valence-corrected chi connectivity index (χ1v) is 5.50. The molecule has 13 heavy (non-hydrogen) atoms. The van der Waals surface area contributed by atoms with Crippen LogP contribution in [0.5, 0.6) is 0 Å². The number of anilines is 1. The average Bonchev–Trinajstić information content (AvgIpc) is 2.03. The first kappa shape index (κ1) is 9.28. The zero-order valence-electron chi connectivity index (χ0n) is 7.06. The molecule has 0 aromatic carbocycles. The van der Waals surface area contributed by atoms with E-state index in [1.54, 1.807) is 6.20 Å². The molecule has 1 aromatic heterocycles. The number of rotatable bonds is 2. The Kier molecular flexibility index (Phi) is 2.74. The summed E-state index contributed by atoms with van der Waals surface area (Å²) in [4.78, 5) is 4.05. The van der Waals surface area contributed by atoms with Crippen LogP contribution < -0.4 is 5.32 Å². The maximum atomic E-state index is 5.93. The molecule has 0 aliphatic heterocycles. The van der Waals surface area contributed by atoms with Crippen LogP contribution in [0.3, 0.4) is 0 Å². The van der Waals surface area contributed by atoms with E-state index in [9.17, 15) is 0 Å². The third-order valence-corrected chi connectivity index (χ3v) is 3.01. The van der Waals surface area contributed by atoms with E-state index in [1.165, 1.54) is 19.3 Å². The van der Waals surface area contributed by atoms with Gasteiger partial charge in [-0.05, 0) is 41.3 Å². The highest BCUT2D eigenvalue weighted by Gasteiger charge is 2.18. The molecule has 1 aliphatic carbocycles. The molecule has 2 nitrogen and oxygen atoms in total. The first-order chi connectivity index (χ1) is 6.25. The van der Waals surface area contributed by atoms with Gasteiger partial charge in [-0.25, -0.2) is 4.98 Å². The smallest absolute Gasteiger partial charge is 0.152 e. The molecule has 0 spiro atoms. The molecule has 1 N–H and O–H groups in total. The van der Waals surface area contributed by atoms with Crippen molar-refractivity contribution in [2.75, 3.05) is 5.32 Å². The van der Waals surface area contributed by atoms with E-state index < -0.39 is 0 Å². The lowest BCUT2D eigenvalue weighted by Gasteiger charge is -2.27. The topological polar surface area (TPSA) is 24.9 Å². The third-order valence-electron chi connectivity index (χ3n) is 2.27. The Morgan fingerprint density at radius 3 is 2.92 bits per heavy atom. The molecule has 0 unspecified atom stereocenters. The Hall–Kier alpha value is -0.280. The number of pyridine rings is 1. The summed E-state index contributed by atoms with van der Waals surface area (Å²) in [6, 6.07) is 2.56. The minimum absolute atomic E-state index is 0.551. The van der Waals surface area contributed by atoms with Crippen molar-refractivity contribution < 1.29 is 0 Å². The van der Waals surface area contributed by atoms with Gasteiger partial charge >= 0.3 is 0 Å². The van der Waals surface area contributed by atoms with Gasteiger partial charge in [-0.15, -0.1) is 0 Å². The van der Waals surface area contributed by atoms with Crippen LogP contribution in [0.15, 0.2) is 16.7 Å². The van der Waals surface area contributed by atoms with Crippen molar-refractivity contribution in [3.63, 3.8) is 0 Å². The minimum Gasteiger partial charge on any atom is -0.380 e. The zero-order chi connectivity index (χ0) is 9.26. The van der Waals surface area contributed by atoms with Gasteiger partial charge in [0.1, 0.15) is 0 Å². The lowest BCUT2D eigenvalue weighted by atomic mass is 9.93. The zero-order valence-corrected chi connectivity index (χ0v) is 9.40. The largest absolute Gasteiger partial charge is 0.380 e. The van der Waals surface area contributed by atoms with E-state index in [4.69, 9.17) is 11.6 Å². The van der Waals surface area contributed by atoms with Gasteiger partial charge in [-0.2, -0.15) is 0 Å². The van der Waals surface area contributed by atoms with Crippen molar-refractivity contribution in [3.8, 4) is 0 Å². The van der Waals surface area contributed by atoms with Crippen LogP contribution in [0.2, 0.25) is 5.15 Å². The molecule has 1 saturated carbocycles. The second kappa shape index (κ2) is 3.84. The Labute approximate surface area is 90.8 Å². The SMILES string of the molecule is Clc1ncc(Br)cc1NC1CCC1. The monoisotopic (exact) mass is 260 g/mol. The van der Waals surface area contributed by atoms with Gasteiger partial charge in [0.15, 0.2) is 5.15 Å². The average molecular weight is 262 g/mol. The predicted molar refractivity (Wildman–Crippen MR) is 58.2 cm³/mol. The Balaban J connectivity index is 2.13. The minimum atomic E-state index is 0.551. The Bertz CT molecular complexity index is 312. The highest BCUT2D eigenvalue weighted by atomic mass is 79.9. The van der Waals surface area contributed by atoms with E-state index in [0.29, 0.717) is 11.2 Å². The highest BCUT2D eigenvalue weighted by Crippen LogP contribution is 2.28. The normalized spacial score (nSPS) is 16.8. The van der Waals surface area contributed by atoms with Crippen molar-refractivity contribution in [1.29, 1.82) is 0 Å². The molecule has 1 fully saturated rings. The van der Waals surface area contributed by atoms with E-state index in [-0.39, 0.29) is 0 Å². The summed E-state index contributed by atoms with van der Waals surface area (Å²) in [5.74, 6) is 0. The fourth-order valence-electron chi connectivity index (χ4n) is 1.30. The molecule has 0 atom stereocenters. The summed E-state index contributed by atoms with van der Waals surface area (Å²) in [5, 5.41) is 3.91. The molecule has 4 heteroatoms. The van der Waals surface area contributed by atoms with Gasteiger partial charge in [0.05, 0.1) is 5.69 Å². The number of nitrogens with zero attached hydrogens (tertiary/aromatic N) is 1. The standard InChI is InChI=1S/C9H10BrClN2/c10-6-4-8(9(11)12-5-6)13-7-2-1-3-7/h4-5,7,13H,1-3H2. The van der Waals surface area contributed by atoms with Crippen molar-refractivity contribution in [1.82, 2.24) is 4.98 Å². The maximum absolute atomic E-state index is 5.93. The van der Waals surface area contributed by atoms with Gasteiger partial charge < -0.3 is 5.32 Å². The van der Waals surface area contributed by atoms with Crippen molar-refractivity contribution in [2.24, 2.45) is 0 Å². The number of hydrogen-bond acceptors (Lipinski definition) is 2. The summed E-state index contributed by atoms with van der Waals surface area (Å²) < 4.78 is 0.957. The van der Waals surface area contributed by atoms with E-state index in [1.807, 2.05) is 6.07 Å². The third kappa shape index (κ3) is 2.15. The summed E-state index contributed by atoms with van der Waals surface area (Å²) in [5.41, 5.74) is 0.931. The molecule has 1 heterocycles. The van der Waals surface area contributed by atoms with E-state index >= 15 is 0 Å². The Morgan fingerprint density at radius 1 is 1.54 bits per heavy atom. The maximum Gasteiger partial charge on any atom is 0.152 e.